The van der Waals surface area contributed by atoms with E-state index in [-0.39, 0.29) is 18.3 Å². The molecule has 1 aromatic rings. The van der Waals surface area contributed by atoms with E-state index in [0.717, 1.165) is 31.4 Å². The van der Waals surface area contributed by atoms with Crippen molar-refractivity contribution in [2.45, 2.75) is 44.6 Å². The Hall–Kier alpha value is -1.26. The number of carbonyl (C=O) groups is 1. The molecule has 2 rings (SSSR count). The molecule has 1 aromatic carbocycles. The van der Waals surface area contributed by atoms with Crippen LogP contribution in [0.4, 0.5) is 0 Å². The molecule has 0 atom stereocenters. The van der Waals surface area contributed by atoms with Gasteiger partial charge in [0.1, 0.15) is 12.4 Å². The van der Waals surface area contributed by atoms with Crippen molar-refractivity contribution in [2.75, 3.05) is 13.2 Å². The first-order valence-corrected chi connectivity index (χ1v) is 7.37. The first-order valence-electron chi connectivity index (χ1n) is 7.37. The van der Waals surface area contributed by atoms with Crippen LogP contribution in [0, 0.1) is 6.92 Å². The minimum atomic E-state index is -0.665. The van der Waals surface area contributed by atoms with E-state index in [0.29, 0.717) is 13.2 Å². The molecule has 0 heterocycles. The highest BCUT2D eigenvalue weighted by molar-refractivity contribution is 5.86. The molecule has 21 heavy (non-hydrogen) atoms. The highest BCUT2D eigenvalue weighted by atomic mass is 35.5. The summed E-state index contributed by atoms with van der Waals surface area (Å²) in [5, 5.41) is 2.89. The molecule has 0 spiro atoms. The second-order valence-electron chi connectivity index (χ2n) is 5.63. The third kappa shape index (κ3) is 5.21. The van der Waals surface area contributed by atoms with Gasteiger partial charge in [-0.25, -0.2) is 0 Å². The van der Waals surface area contributed by atoms with E-state index in [1.54, 1.807) is 0 Å². The summed E-state index contributed by atoms with van der Waals surface area (Å²) in [6, 6.07) is 7.88. The maximum Gasteiger partial charge on any atom is 0.240 e. The van der Waals surface area contributed by atoms with Gasteiger partial charge in [-0.05, 0) is 31.9 Å². The van der Waals surface area contributed by atoms with E-state index < -0.39 is 5.54 Å². The molecular formula is C16H25ClN2O2. The molecule has 5 heteroatoms. The molecular weight excluding hydrogens is 288 g/mol. The van der Waals surface area contributed by atoms with Crippen molar-refractivity contribution in [3.8, 4) is 5.75 Å². The number of nitrogens with two attached hydrogens (primary N) is 1. The minimum Gasteiger partial charge on any atom is -0.492 e. The molecule has 0 unspecified atom stereocenters. The van der Waals surface area contributed by atoms with E-state index in [4.69, 9.17) is 10.5 Å². The Labute approximate surface area is 132 Å². The van der Waals surface area contributed by atoms with Crippen molar-refractivity contribution in [1.82, 2.24) is 5.32 Å². The minimum absolute atomic E-state index is 0. The predicted molar refractivity (Wildman–Crippen MR) is 86.9 cm³/mol. The lowest BCUT2D eigenvalue weighted by atomic mass is 9.82. The molecule has 1 aliphatic carbocycles. The number of ether oxygens (including phenoxy) is 1. The third-order valence-corrected chi connectivity index (χ3v) is 3.88. The number of nitrogens with one attached hydrogen (secondary N) is 1. The van der Waals surface area contributed by atoms with Gasteiger partial charge in [-0.1, -0.05) is 37.0 Å². The van der Waals surface area contributed by atoms with Gasteiger partial charge >= 0.3 is 0 Å². The summed E-state index contributed by atoms with van der Waals surface area (Å²) in [5.41, 5.74) is 6.70. The van der Waals surface area contributed by atoms with Crippen LogP contribution in [0.5, 0.6) is 5.75 Å². The molecule has 4 nitrogen and oxygen atoms in total. The molecule has 0 aliphatic heterocycles. The van der Waals surface area contributed by atoms with Crippen LogP contribution in [-0.2, 0) is 4.79 Å². The van der Waals surface area contributed by atoms with Crippen LogP contribution < -0.4 is 15.8 Å². The summed E-state index contributed by atoms with van der Waals surface area (Å²) in [4.78, 5) is 12.1. The fourth-order valence-corrected chi connectivity index (χ4v) is 2.55. The molecule has 0 radical (unpaired) electrons. The number of benzene rings is 1. The quantitative estimate of drug-likeness (QED) is 0.821. The summed E-state index contributed by atoms with van der Waals surface area (Å²) in [5.74, 6) is 0.787. The fraction of sp³-hybridized carbons (Fsp3) is 0.562. The highest BCUT2D eigenvalue weighted by Gasteiger charge is 2.34. The Morgan fingerprint density at radius 2 is 1.86 bits per heavy atom. The standard InChI is InChI=1S/C16H24N2O2.ClH/c1-13-5-7-14(8-6-13)20-12-11-18-15(19)16(17)9-3-2-4-10-16;/h5-8H,2-4,9-12,17H2,1H3,(H,18,19);1H. The SMILES string of the molecule is Cc1ccc(OCCNC(=O)C2(N)CCCCC2)cc1.Cl. The molecule has 1 fully saturated rings. The number of hydrogen-bond acceptors (Lipinski definition) is 3. The molecule has 1 aliphatic rings. The van der Waals surface area contributed by atoms with Gasteiger partial charge in [0.25, 0.3) is 0 Å². The molecule has 0 saturated heterocycles. The summed E-state index contributed by atoms with van der Waals surface area (Å²) in [6.07, 6.45) is 4.85. The zero-order chi connectivity index (χ0) is 14.4. The number of amides is 1. The lowest BCUT2D eigenvalue weighted by molar-refractivity contribution is -0.127. The van der Waals surface area contributed by atoms with Gasteiger partial charge in [-0.2, -0.15) is 0 Å². The van der Waals surface area contributed by atoms with Crippen molar-refractivity contribution < 1.29 is 9.53 Å². The molecule has 0 bridgehead atoms. The average Bonchev–Trinajstić information content (AvgIpc) is 2.46. The van der Waals surface area contributed by atoms with Crippen molar-refractivity contribution in [2.24, 2.45) is 5.73 Å². The van der Waals surface area contributed by atoms with E-state index in [1.807, 2.05) is 31.2 Å². The lowest BCUT2D eigenvalue weighted by Gasteiger charge is -2.31. The smallest absolute Gasteiger partial charge is 0.240 e. The molecule has 118 valence electrons. The van der Waals surface area contributed by atoms with Gasteiger partial charge in [-0.15, -0.1) is 12.4 Å². The molecule has 1 saturated carbocycles. The van der Waals surface area contributed by atoms with Gasteiger partial charge < -0.3 is 15.8 Å². The van der Waals surface area contributed by atoms with Crippen LogP contribution >= 0.6 is 12.4 Å². The van der Waals surface area contributed by atoms with E-state index in [1.165, 1.54) is 12.0 Å². The fourth-order valence-electron chi connectivity index (χ4n) is 2.55. The summed E-state index contributed by atoms with van der Waals surface area (Å²) < 4.78 is 5.58. The Kier molecular flexibility index (Phi) is 6.99. The first kappa shape index (κ1) is 17.8. The van der Waals surface area contributed by atoms with Crippen LogP contribution in [0.3, 0.4) is 0 Å². The van der Waals surface area contributed by atoms with Crippen LogP contribution in [0.15, 0.2) is 24.3 Å². The van der Waals surface area contributed by atoms with E-state index in [2.05, 4.69) is 5.32 Å². The Morgan fingerprint density at radius 1 is 1.24 bits per heavy atom. The third-order valence-electron chi connectivity index (χ3n) is 3.88. The number of carbonyl (C=O) groups excluding carboxylic acids is 1. The van der Waals surface area contributed by atoms with Gasteiger partial charge in [0.2, 0.25) is 5.91 Å². The number of aryl methyl sites for hydroxylation is 1. The topological polar surface area (TPSA) is 64.3 Å². The number of halogens is 1. The Balaban J connectivity index is 0.00000220. The van der Waals surface area contributed by atoms with Crippen molar-refractivity contribution in [3.63, 3.8) is 0 Å². The van der Waals surface area contributed by atoms with Crippen molar-refractivity contribution >= 4 is 18.3 Å². The number of rotatable bonds is 5. The van der Waals surface area contributed by atoms with Gasteiger partial charge in [-0.3, -0.25) is 4.79 Å². The van der Waals surface area contributed by atoms with Gasteiger partial charge in [0, 0.05) is 0 Å². The monoisotopic (exact) mass is 312 g/mol. The Morgan fingerprint density at radius 3 is 2.48 bits per heavy atom. The molecule has 1 amide bonds. The first-order chi connectivity index (χ1) is 9.60. The largest absolute Gasteiger partial charge is 0.492 e. The van der Waals surface area contributed by atoms with Gasteiger partial charge in [0.15, 0.2) is 0 Å². The van der Waals surface area contributed by atoms with Gasteiger partial charge in [0.05, 0.1) is 12.1 Å². The van der Waals surface area contributed by atoms with Crippen LogP contribution in [0.25, 0.3) is 0 Å². The normalized spacial score (nSPS) is 16.7. The van der Waals surface area contributed by atoms with E-state index >= 15 is 0 Å². The zero-order valence-corrected chi connectivity index (χ0v) is 13.4. The average molecular weight is 313 g/mol. The van der Waals surface area contributed by atoms with Crippen molar-refractivity contribution in [1.29, 1.82) is 0 Å². The molecule has 0 aromatic heterocycles. The van der Waals surface area contributed by atoms with Crippen LogP contribution in [-0.4, -0.2) is 24.6 Å². The van der Waals surface area contributed by atoms with Crippen LogP contribution in [0.2, 0.25) is 0 Å². The summed E-state index contributed by atoms with van der Waals surface area (Å²) in [6.45, 7) is 2.99. The second-order valence-corrected chi connectivity index (χ2v) is 5.63. The summed E-state index contributed by atoms with van der Waals surface area (Å²) in [7, 11) is 0. The maximum atomic E-state index is 12.1. The highest BCUT2D eigenvalue weighted by Crippen LogP contribution is 2.25. The zero-order valence-electron chi connectivity index (χ0n) is 12.6. The number of hydrogen-bond donors (Lipinski definition) is 2. The predicted octanol–water partition coefficient (Wildman–Crippen LogP) is 2.57. The Bertz CT molecular complexity index is 442. The van der Waals surface area contributed by atoms with Crippen LogP contribution in [0.1, 0.15) is 37.7 Å². The maximum absolute atomic E-state index is 12.1. The second kappa shape index (κ2) is 8.25. The van der Waals surface area contributed by atoms with Crippen molar-refractivity contribution in [3.05, 3.63) is 29.8 Å². The molecule has 3 N–H and O–H groups in total. The summed E-state index contributed by atoms with van der Waals surface area (Å²) >= 11 is 0. The van der Waals surface area contributed by atoms with E-state index in [9.17, 15) is 4.79 Å². The lowest BCUT2D eigenvalue weighted by Crippen LogP contribution is -2.55.